The quantitative estimate of drug-likeness (QED) is 0.774. The second-order valence-corrected chi connectivity index (χ2v) is 5.48. The van der Waals surface area contributed by atoms with Crippen molar-refractivity contribution in [1.29, 1.82) is 0 Å². The summed E-state index contributed by atoms with van der Waals surface area (Å²) in [7, 11) is 0. The Balaban J connectivity index is 1.55. The summed E-state index contributed by atoms with van der Waals surface area (Å²) in [6, 6.07) is 10.3. The van der Waals surface area contributed by atoms with Crippen molar-refractivity contribution in [2.24, 2.45) is 0 Å². The maximum Gasteiger partial charge on any atom is 0.245 e. The minimum atomic E-state index is 0.111. The molecule has 1 aromatic carbocycles. The number of tetrazole rings is 1. The molecule has 1 aliphatic rings. The zero-order valence-corrected chi connectivity index (χ0v) is 13.5. The Morgan fingerprint density at radius 3 is 2.74 bits per heavy atom. The van der Waals surface area contributed by atoms with E-state index in [-0.39, 0.29) is 6.10 Å². The van der Waals surface area contributed by atoms with Crippen LogP contribution in [-0.4, -0.2) is 53.1 Å². The van der Waals surface area contributed by atoms with Gasteiger partial charge in [0.05, 0.1) is 32.5 Å². The van der Waals surface area contributed by atoms with Gasteiger partial charge in [-0.15, -0.1) is 0 Å². The van der Waals surface area contributed by atoms with Gasteiger partial charge in [0.25, 0.3) is 0 Å². The first-order valence-electron chi connectivity index (χ1n) is 8.14. The Labute approximate surface area is 136 Å². The molecule has 1 atom stereocenters. The lowest BCUT2D eigenvalue weighted by molar-refractivity contribution is 0.0429. The Morgan fingerprint density at radius 1 is 1.22 bits per heavy atom. The largest absolute Gasteiger partial charge is 0.378 e. The van der Waals surface area contributed by atoms with Gasteiger partial charge in [-0.25, -0.2) is 4.68 Å². The van der Waals surface area contributed by atoms with Crippen LogP contribution < -0.4 is 4.90 Å². The summed E-state index contributed by atoms with van der Waals surface area (Å²) >= 11 is 0. The summed E-state index contributed by atoms with van der Waals surface area (Å²) in [6.07, 6.45) is 1.05. The molecule has 7 nitrogen and oxygen atoms in total. The van der Waals surface area contributed by atoms with Gasteiger partial charge >= 0.3 is 0 Å². The molecule has 0 saturated carbocycles. The number of morpholine rings is 1. The molecule has 0 N–H and O–H groups in total. The van der Waals surface area contributed by atoms with Gasteiger partial charge in [-0.1, -0.05) is 42.4 Å². The lowest BCUT2D eigenvalue weighted by Crippen LogP contribution is -2.38. The number of benzene rings is 1. The molecule has 0 spiro atoms. The lowest BCUT2D eigenvalue weighted by atomic mass is 10.1. The van der Waals surface area contributed by atoms with Gasteiger partial charge < -0.3 is 14.4 Å². The molecule has 7 heteroatoms. The third-order valence-electron chi connectivity index (χ3n) is 3.97. The van der Waals surface area contributed by atoms with Crippen molar-refractivity contribution in [3.63, 3.8) is 0 Å². The van der Waals surface area contributed by atoms with Crippen molar-refractivity contribution in [2.45, 2.75) is 26.0 Å². The highest BCUT2D eigenvalue weighted by molar-refractivity contribution is 5.28. The summed E-state index contributed by atoms with van der Waals surface area (Å²) in [5.74, 6) is 0.796. The molecule has 1 unspecified atom stereocenters. The summed E-state index contributed by atoms with van der Waals surface area (Å²) < 4.78 is 13.2. The maximum atomic E-state index is 6.03. The van der Waals surface area contributed by atoms with Gasteiger partial charge in [0.1, 0.15) is 0 Å². The number of hydrogen-bond donors (Lipinski definition) is 0. The summed E-state index contributed by atoms with van der Waals surface area (Å²) in [4.78, 5) is 2.15. The normalized spacial score (nSPS) is 16.5. The predicted octanol–water partition coefficient (Wildman–Crippen LogP) is 1.68. The van der Waals surface area contributed by atoms with Crippen LogP contribution in [0.1, 0.15) is 25.0 Å². The Hall–Kier alpha value is -1.99. The average molecular weight is 317 g/mol. The highest BCUT2D eigenvalue weighted by atomic mass is 16.5. The zero-order chi connectivity index (χ0) is 15.9. The van der Waals surface area contributed by atoms with E-state index >= 15 is 0 Å². The average Bonchev–Trinajstić information content (AvgIpc) is 3.09. The molecule has 1 fully saturated rings. The lowest BCUT2D eigenvalue weighted by Gasteiger charge is -2.27. The summed E-state index contributed by atoms with van der Waals surface area (Å²) in [5, 5.41) is 12.0. The van der Waals surface area contributed by atoms with Crippen LogP contribution in [-0.2, 0) is 16.0 Å². The SMILES string of the molecule is CCC(OCCn1nnnc1N1CCOCC1)c1ccccc1. The highest BCUT2D eigenvalue weighted by Crippen LogP contribution is 2.20. The minimum absolute atomic E-state index is 0.111. The topological polar surface area (TPSA) is 65.3 Å². The van der Waals surface area contributed by atoms with Crippen LogP contribution in [0.3, 0.4) is 0 Å². The van der Waals surface area contributed by atoms with Crippen molar-refractivity contribution in [1.82, 2.24) is 20.2 Å². The first-order valence-corrected chi connectivity index (χ1v) is 8.14. The van der Waals surface area contributed by atoms with Crippen LogP contribution in [0, 0.1) is 0 Å². The first-order chi connectivity index (χ1) is 11.4. The van der Waals surface area contributed by atoms with Gasteiger partial charge in [-0.3, -0.25) is 0 Å². The van der Waals surface area contributed by atoms with E-state index in [1.807, 2.05) is 22.9 Å². The third kappa shape index (κ3) is 4.05. The van der Waals surface area contributed by atoms with Crippen molar-refractivity contribution < 1.29 is 9.47 Å². The van der Waals surface area contributed by atoms with Crippen molar-refractivity contribution in [2.75, 3.05) is 37.8 Å². The monoisotopic (exact) mass is 317 g/mol. The minimum Gasteiger partial charge on any atom is -0.378 e. The third-order valence-corrected chi connectivity index (χ3v) is 3.97. The van der Waals surface area contributed by atoms with Gasteiger partial charge in [-0.2, -0.15) is 0 Å². The van der Waals surface area contributed by atoms with E-state index in [1.54, 1.807) is 0 Å². The Bertz CT molecular complexity index is 583. The fourth-order valence-corrected chi connectivity index (χ4v) is 2.73. The number of ether oxygens (including phenoxy) is 2. The van der Waals surface area contributed by atoms with Crippen LogP contribution in [0.15, 0.2) is 30.3 Å². The smallest absolute Gasteiger partial charge is 0.245 e. The van der Waals surface area contributed by atoms with E-state index in [1.165, 1.54) is 5.56 Å². The van der Waals surface area contributed by atoms with Crippen LogP contribution in [0.4, 0.5) is 5.95 Å². The zero-order valence-electron chi connectivity index (χ0n) is 13.5. The molecule has 0 aliphatic carbocycles. The summed E-state index contributed by atoms with van der Waals surface area (Å²) in [6.45, 7) is 6.43. The van der Waals surface area contributed by atoms with Gasteiger partial charge in [0.2, 0.25) is 5.95 Å². The Kier molecular flexibility index (Phi) is 5.55. The van der Waals surface area contributed by atoms with Crippen LogP contribution in [0.5, 0.6) is 0 Å². The van der Waals surface area contributed by atoms with Crippen LogP contribution in [0.25, 0.3) is 0 Å². The molecular formula is C16H23N5O2. The van der Waals surface area contributed by atoms with Crippen molar-refractivity contribution in [3.8, 4) is 0 Å². The number of nitrogens with zero attached hydrogens (tertiary/aromatic N) is 5. The van der Waals surface area contributed by atoms with Crippen LogP contribution in [0.2, 0.25) is 0 Å². The van der Waals surface area contributed by atoms with E-state index < -0.39 is 0 Å². The molecule has 3 rings (SSSR count). The highest BCUT2D eigenvalue weighted by Gasteiger charge is 2.18. The molecule has 23 heavy (non-hydrogen) atoms. The maximum absolute atomic E-state index is 6.03. The van der Waals surface area contributed by atoms with E-state index in [4.69, 9.17) is 9.47 Å². The molecule has 0 radical (unpaired) electrons. The fourth-order valence-electron chi connectivity index (χ4n) is 2.73. The molecule has 2 aromatic rings. The second kappa shape index (κ2) is 8.03. The van der Waals surface area contributed by atoms with Crippen LogP contribution >= 0.6 is 0 Å². The number of rotatable bonds is 7. The molecule has 1 aromatic heterocycles. The van der Waals surface area contributed by atoms with E-state index in [9.17, 15) is 0 Å². The second-order valence-electron chi connectivity index (χ2n) is 5.48. The van der Waals surface area contributed by atoms with Gasteiger partial charge in [-0.05, 0) is 22.4 Å². The van der Waals surface area contributed by atoms with Crippen molar-refractivity contribution >= 4 is 5.95 Å². The van der Waals surface area contributed by atoms with E-state index in [0.717, 1.165) is 38.7 Å². The van der Waals surface area contributed by atoms with E-state index in [0.29, 0.717) is 13.2 Å². The van der Waals surface area contributed by atoms with Gasteiger partial charge in [0, 0.05) is 13.1 Å². The molecule has 1 saturated heterocycles. The molecular weight excluding hydrogens is 294 g/mol. The standard InChI is InChI=1S/C16H23N5O2/c1-2-15(14-6-4-3-5-7-14)23-13-10-21-16(17-18-19-21)20-8-11-22-12-9-20/h3-7,15H,2,8-13H2,1H3. The fraction of sp³-hybridized carbons (Fsp3) is 0.562. The number of anilines is 1. The Morgan fingerprint density at radius 2 is 2.00 bits per heavy atom. The molecule has 0 bridgehead atoms. The van der Waals surface area contributed by atoms with Gasteiger partial charge in [0.15, 0.2) is 0 Å². The predicted molar refractivity (Wildman–Crippen MR) is 86.3 cm³/mol. The first kappa shape index (κ1) is 15.9. The molecule has 124 valence electrons. The van der Waals surface area contributed by atoms with Crippen molar-refractivity contribution in [3.05, 3.63) is 35.9 Å². The number of aromatic nitrogens is 4. The van der Waals surface area contributed by atoms with E-state index in [2.05, 4.69) is 39.5 Å². The summed E-state index contributed by atoms with van der Waals surface area (Å²) in [5.41, 5.74) is 1.21. The molecule has 2 heterocycles. The molecule has 0 amide bonds. The number of hydrogen-bond acceptors (Lipinski definition) is 6. The molecule has 1 aliphatic heterocycles.